The van der Waals surface area contributed by atoms with E-state index in [0.717, 1.165) is 26.1 Å². The first-order valence-electron chi connectivity index (χ1n) is 6.15. The molecule has 0 saturated carbocycles. The second-order valence-corrected chi connectivity index (χ2v) is 4.60. The fourth-order valence-corrected chi connectivity index (χ4v) is 1.66. The molecule has 1 fully saturated rings. The quantitative estimate of drug-likeness (QED) is 0.698. The van der Waals surface area contributed by atoms with E-state index < -0.39 is 0 Å². The topological polar surface area (TPSA) is 47.6 Å². The highest BCUT2D eigenvalue weighted by Crippen LogP contribution is 2.14. The summed E-state index contributed by atoms with van der Waals surface area (Å²) in [5, 5.41) is 3.19. The van der Waals surface area contributed by atoms with E-state index in [9.17, 15) is 4.79 Å². The van der Waals surface area contributed by atoms with Crippen LogP contribution in [0.1, 0.15) is 33.1 Å². The van der Waals surface area contributed by atoms with Crippen LogP contribution < -0.4 is 5.32 Å². The van der Waals surface area contributed by atoms with E-state index in [1.807, 2.05) is 0 Å². The van der Waals surface area contributed by atoms with Gasteiger partial charge in [0.05, 0.1) is 13.0 Å². The summed E-state index contributed by atoms with van der Waals surface area (Å²) >= 11 is 0. The van der Waals surface area contributed by atoms with Crippen molar-refractivity contribution in [3.63, 3.8) is 0 Å². The lowest BCUT2D eigenvalue weighted by Gasteiger charge is -2.21. The van der Waals surface area contributed by atoms with Crippen molar-refractivity contribution in [2.45, 2.75) is 39.2 Å². The summed E-state index contributed by atoms with van der Waals surface area (Å²) < 4.78 is 10.5. The third-order valence-electron chi connectivity index (χ3n) is 2.70. The Morgan fingerprint density at radius 1 is 1.44 bits per heavy atom. The highest BCUT2D eigenvalue weighted by Gasteiger charge is 2.15. The molecule has 0 unspecified atom stereocenters. The molecule has 0 aromatic heterocycles. The SMILES string of the molecule is CC(C)NCCC(=O)OCC1CCOCC1. The fourth-order valence-electron chi connectivity index (χ4n) is 1.66. The lowest BCUT2D eigenvalue weighted by Crippen LogP contribution is -2.27. The monoisotopic (exact) mass is 229 g/mol. The summed E-state index contributed by atoms with van der Waals surface area (Å²) in [5.74, 6) is 0.399. The lowest BCUT2D eigenvalue weighted by molar-refractivity contribution is -0.145. The van der Waals surface area contributed by atoms with Crippen molar-refractivity contribution in [3.8, 4) is 0 Å². The summed E-state index contributed by atoms with van der Waals surface area (Å²) in [7, 11) is 0. The fraction of sp³-hybridized carbons (Fsp3) is 0.917. The van der Waals surface area contributed by atoms with Gasteiger partial charge in [-0.05, 0) is 18.8 Å². The smallest absolute Gasteiger partial charge is 0.307 e. The van der Waals surface area contributed by atoms with Gasteiger partial charge in [0.2, 0.25) is 0 Å². The molecular formula is C12H23NO3. The first-order valence-corrected chi connectivity index (χ1v) is 6.15. The molecule has 1 rings (SSSR count). The molecule has 94 valence electrons. The molecule has 1 saturated heterocycles. The maximum atomic E-state index is 11.4. The Kier molecular flexibility index (Phi) is 6.42. The predicted octanol–water partition coefficient (Wildman–Crippen LogP) is 1.34. The minimum Gasteiger partial charge on any atom is -0.465 e. The number of hydrogen-bond acceptors (Lipinski definition) is 4. The van der Waals surface area contributed by atoms with Crippen molar-refractivity contribution in [3.05, 3.63) is 0 Å². The lowest BCUT2D eigenvalue weighted by atomic mass is 10.0. The minimum atomic E-state index is -0.0976. The Morgan fingerprint density at radius 2 is 2.12 bits per heavy atom. The largest absolute Gasteiger partial charge is 0.465 e. The van der Waals surface area contributed by atoms with Crippen molar-refractivity contribution in [1.82, 2.24) is 5.32 Å². The van der Waals surface area contributed by atoms with Crippen molar-refractivity contribution in [2.24, 2.45) is 5.92 Å². The Balaban J connectivity index is 2.00. The zero-order chi connectivity index (χ0) is 11.8. The maximum absolute atomic E-state index is 11.4. The molecule has 1 aliphatic rings. The molecule has 0 atom stereocenters. The molecule has 0 radical (unpaired) electrons. The molecule has 1 heterocycles. The van der Waals surface area contributed by atoms with Gasteiger partial charge >= 0.3 is 5.97 Å². The van der Waals surface area contributed by atoms with E-state index in [2.05, 4.69) is 19.2 Å². The van der Waals surface area contributed by atoms with Gasteiger partial charge in [0.15, 0.2) is 0 Å². The molecule has 0 spiro atoms. The molecule has 0 aromatic carbocycles. The summed E-state index contributed by atoms with van der Waals surface area (Å²) in [4.78, 5) is 11.4. The maximum Gasteiger partial charge on any atom is 0.307 e. The predicted molar refractivity (Wildman–Crippen MR) is 62.3 cm³/mol. The van der Waals surface area contributed by atoms with Crippen LogP contribution in [0.25, 0.3) is 0 Å². The Hall–Kier alpha value is -0.610. The number of hydrogen-bond donors (Lipinski definition) is 1. The molecule has 0 amide bonds. The van der Waals surface area contributed by atoms with Crippen LogP contribution in [-0.2, 0) is 14.3 Å². The van der Waals surface area contributed by atoms with Crippen molar-refractivity contribution in [2.75, 3.05) is 26.4 Å². The Labute approximate surface area is 97.7 Å². The van der Waals surface area contributed by atoms with E-state index in [0.29, 0.717) is 31.5 Å². The standard InChI is InChI=1S/C12H23NO3/c1-10(2)13-6-3-12(14)16-9-11-4-7-15-8-5-11/h10-11,13H,3-9H2,1-2H3. The molecule has 0 aliphatic carbocycles. The highest BCUT2D eigenvalue weighted by atomic mass is 16.5. The van der Waals surface area contributed by atoms with Crippen LogP contribution in [0.2, 0.25) is 0 Å². The van der Waals surface area contributed by atoms with Crippen LogP contribution in [0.3, 0.4) is 0 Å². The number of carbonyl (C=O) groups excluding carboxylic acids is 1. The number of rotatable bonds is 6. The number of esters is 1. The molecule has 0 bridgehead atoms. The molecular weight excluding hydrogens is 206 g/mol. The summed E-state index contributed by atoms with van der Waals surface area (Å²) in [6.07, 6.45) is 2.48. The van der Waals surface area contributed by atoms with E-state index in [-0.39, 0.29) is 5.97 Å². The van der Waals surface area contributed by atoms with Gasteiger partial charge in [0.25, 0.3) is 0 Å². The van der Waals surface area contributed by atoms with E-state index in [1.54, 1.807) is 0 Å². The third-order valence-corrected chi connectivity index (χ3v) is 2.70. The van der Waals surface area contributed by atoms with E-state index in [4.69, 9.17) is 9.47 Å². The van der Waals surface area contributed by atoms with Gasteiger partial charge in [-0.2, -0.15) is 0 Å². The van der Waals surface area contributed by atoms with Gasteiger partial charge in [-0.15, -0.1) is 0 Å². The van der Waals surface area contributed by atoms with Crippen LogP contribution >= 0.6 is 0 Å². The Bertz CT molecular complexity index is 200. The molecule has 16 heavy (non-hydrogen) atoms. The number of ether oxygens (including phenoxy) is 2. The average Bonchev–Trinajstić information content (AvgIpc) is 2.27. The van der Waals surface area contributed by atoms with Crippen molar-refractivity contribution in [1.29, 1.82) is 0 Å². The summed E-state index contributed by atoms with van der Waals surface area (Å²) in [5.41, 5.74) is 0. The highest BCUT2D eigenvalue weighted by molar-refractivity contribution is 5.69. The van der Waals surface area contributed by atoms with Crippen molar-refractivity contribution >= 4 is 5.97 Å². The van der Waals surface area contributed by atoms with Gasteiger partial charge < -0.3 is 14.8 Å². The van der Waals surface area contributed by atoms with Crippen LogP contribution in [0.15, 0.2) is 0 Å². The third kappa shape index (κ3) is 6.08. The number of nitrogens with one attached hydrogen (secondary N) is 1. The first-order chi connectivity index (χ1) is 7.68. The second kappa shape index (κ2) is 7.63. The van der Waals surface area contributed by atoms with Gasteiger partial charge in [0.1, 0.15) is 0 Å². The van der Waals surface area contributed by atoms with E-state index >= 15 is 0 Å². The number of carbonyl (C=O) groups is 1. The van der Waals surface area contributed by atoms with Gasteiger partial charge in [0, 0.05) is 25.8 Å². The zero-order valence-electron chi connectivity index (χ0n) is 10.3. The molecule has 4 nitrogen and oxygen atoms in total. The molecule has 1 N–H and O–H groups in total. The molecule has 4 heteroatoms. The van der Waals surface area contributed by atoms with Crippen LogP contribution in [-0.4, -0.2) is 38.4 Å². The molecule has 1 aliphatic heterocycles. The van der Waals surface area contributed by atoms with Gasteiger partial charge in [-0.1, -0.05) is 13.8 Å². The van der Waals surface area contributed by atoms with E-state index in [1.165, 1.54) is 0 Å². The average molecular weight is 229 g/mol. The Morgan fingerprint density at radius 3 is 2.75 bits per heavy atom. The van der Waals surface area contributed by atoms with Gasteiger partial charge in [-0.3, -0.25) is 4.79 Å². The summed E-state index contributed by atoms with van der Waals surface area (Å²) in [6.45, 7) is 6.99. The van der Waals surface area contributed by atoms with Gasteiger partial charge in [-0.25, -0.2) is 0 Å². The van der Waals surface area contributed by atoms with Crippen LogP contribution in [0, 0.1) is 5.92 Å². The van der Waals surface area contributed by atoms with Crippen LogP contribution in [0.5, 0.6) is 0 Å². The van der Waals surface area contributed by atoms with Crippen LogP contribution in [0.4, 0.5) is 0 Å². The first kappa shape index (κ1) is 13.5. The summed E-state index contributed by atoms with van der Waals surface area (Å²) in [6, 6.07) is 0.420. The second-order valence-electron chi connectivity index (χ2n) is 4.60. The minimum absolute atomic E-state index is 0.0976. The normalized spacial score (nSPS) is 17.7. The van der Waals surface area contributed by atoms with Crippen molar-refractivity contribution < 1.29 is 14.3 Å². The molecule has 0 aromatic rings. The zero-order valence-corrected chi connectivity index (χ0v) is 10.3.